The number of thiophene rings is 1. The van der Waals surface area contributed by atoms with Gasteiger partial charge in [-0.05, 0) is 24.6 Å². The molecule has 1 unspecified atom stereocenters. The molecular formula is C15H14N2O2S. The Balaban J connectivity index is 2.03. The summed E-state index contributed by atoms with van der Waals surface area (Å²) in [5.74, 6) is 5.20. The summed E-state index contributed by atoms with van der Waals surface area (Å²) in [6, 6.07) is 5.37. The maximum atomic E-state index is 12.1. The van der Waals surface area contributed by atoms with Gasteiger partial charge in [0.2, 0.25) is 0 Å². The Morgan fingerprint density at radius 1 is 1.60 bits per heavy atom. The summed E-state index contributed by atoms with van der Waals surface area (Å²) in [5, 5.41) is 13.3. The van der Waals surface area contributed by atoms with E-state index in [1.807, 2.05) is 19.1 Å². The van der Waals surface area contributed by atoms with Crippen LogP contribution in [0.15, 0.2) is 36.0 Å². The number of nitrogens with zero attached hydrogens (tertiary/aromatic N) is 1. The van der Waals surface area contributed by atoms with Gasteiger partial charge < -0.3 is 10.4 Å². The van der Waals surface area contributed by atoms with Gasteiger partial charge in [0, 0.05) is 17.8 Å². The number of pyridine rings is 1. The van der Waals surface area contributed by atoms with Gasteiger partial charge in [0.1, 0.15) is 6.61 Å². The molecule has 2 aromatic rings. The molecule has 4 nitrogen and oxygen atoms in total. The van der Waals surface area contributed by atoms with Crippen molar-refractivity contribution in [1.82, 2.24) is 10.3 Å². The standard InChI is InChI=1S/C15H14N2O2S/c1-11(12-4-2-6-16-9-12)17-15(19)13-8-14(20-10-13)5-3-7-18/h2,4,6,8-11,18H,7H2,1H3,(H,17,19). The third-order valence-corrected chi connectivity index (χ3v) is 3.53. The van der Waals surface area contributed by atoms with Gasteiger partial charge in [0.25, 0.3) is 5.91 Å². The van der Waals surface area contributed by atoms with Crippen molar-refractivity contribution in [2.75, 3.05) is 6.61 Å². The molecule has 5 heteroatoms. The van der Waals surface area contributed by atoms with Crippen molar-refractivity contribution in [3.8, 4) is 11.8 Å². The van der Waals surface area contributed by atoms with Gasteiger partial charge in [-0.15, -0.1) is 11.3 Å². The van der Waals surface area contributed by atoms with Gasteiger partial charge >= 0.3 is 0 Å². The molecule has 2 N–H and O–H groups in total. The van der Waals surface area contributed by atoms with Gasteiger partial charge in [-0.3, -0.25) is 9.78 Å². The molecule has 1 atom stereocenters. The molecule has 0 aliphatic carbocycles. The molecule has 2 rings (SSSR count). The first-order chi connectivity index (χ1) is 9.70. The number of aromatic nitrogens is 1. The molecule has 2 aromatic heterocycles. The molecule has 0 radical (unpaired) electrons. The van der Waals surface area contributed by atoms with Gasteiger partial charge in [-0.2, -0.15) is 0 Å². The summed E-state index contributed by atoms with van der Waals surface area (Å²) in [6.45, 7) is 1.73. The van der Waals surface area contributed by atoms with E-state index in [-0.39, 0.29) is 18.6 Å². The topological polar surface area (TPSA) is 62.2 Å². The van der Waals surface area contributed by atoms with Gasteiger partial charge in [-0.25, -0.2) is 0 Å². The van der Waals surface area contributed by atoms with E-state index in [0.717, 1.165) is 10.4 Å². The zero-order chi connectivity index (χ0) is 14.4. The minimum absolute atomic E-state index is 0.108. The Kier molecular flexibility index (Phi) is 4.88. The Labute approximate surface area is 121 Å². The summed E-state index contributed by atoms with van der Waals surface area (Å²) >= 11 is 1.38. The number of amides is 1. The molecule has 2 heterocycles. The van der Waals surface area contributed by atoms with Crippen LogP contribution in [-0.4, -0.2) is 22.6 Å². The lowest BCUT2D eigenvalue weighted by atomic mass is 10.1. The van der Waals surface area contributed by atoms with Crippen molar-refractivity contribution in [2.24, 2.45) is 0 Å². The Bertz CT molecular complexity index is 641. The summed E-state index contributed by atoms with van der Waals surface area (Å²) in [5.41, 5.74) is 1.53. The third kappa shape index (κ3) is 3.67. The SMILES string of the molecule is CC(NC(=O)c1csc(C#CCO)c1)c1cccnc1. The number of carbonyl (C=O) groups is 1. The number of hydrogen-bond donors (Lipinski definition) is 2. The maximum absolute atomic E-state index is 12.1. The highest BCUT2D eigenvalue weighted by Crippen LogP contribution is 2.16. The molecule has 0 aromatic carbocycles. The number of carbonyl (C=O) groups excluding carboxylic acids is 1. The molecule has 0 spiro atoms. The first kappa shape index (κ1) is 14.3. The lowest BCUT2D eigenvalue weighted by Crippen LogP contribution is -2.26. The Morgan fingerprint density at radius 3 is 3.15 bits per heavy atom. The fourth-order valence-corrected chi connectivity index (χ4v) is 2.40. The number of rotatable bonds is 3. The lowest BCUT2D eigenvalue weighted by molar-refractivity contribution is 0.0940. The number of hydrogen-bond acceptors (Lipinski definition) is 4. The average molecular weight is 286 g/mol. The summed E-state index contributed by atoms with van der Waals surface area (Å²) in [6.07, 6.45) is 3.43. The molecule has 0 aliphatic rings. The van der Waals surface area contributed by atoms with Gasteiger partial charge in [0.05, 0.1) is 16.5 Å². The Hall–Kier alpha value is -2.16. The van der Waals surface area contributed by atoms with E-state index in [1.165, 1.54) is 11.3 Å². The molecule has 102 valence electrons. The van der Waals surface area contributed by atoms with Gasteiger partial charge in [0.15, 0.2) is 0 Å². The monoisotopic (exact) mass is 286 g/mol. The molecular weight excluding hydrogens is 272 g/mol. The smallest absolute Gasteiger partial charge is 0.252 e. The van der Waals surface area contributed by atoms with Crippen LogP contribution in [0.4, 0.5) is 0 Å². The molecule has 0 bridgehead atoms. The van der Waals surface area contributed by atoms with Crippen LogP contribution in [0.25, 0.3) is 0 Å². The maximum Gasteiger partial charge on any atom is 0.252 e. The highest BCUT2D eigenvalue weighted by molar-refractivity contribution is 7.10. The second-order valence-electron chi connectivity index (χ2n) is 4.14. The van der Waals surface area contributed by atoms with E-state index < -0.39 is 0 Å². The zero-order valence-electron chi connectivity index (χ0n) is 11.0. The van der Waals surface area contributed by atoms with Crippen molar-refractivity contribution in [3.05, 3.63) is 52.0 Å². The summed E-state index contributed by atoms with van der Waals surface area (Å²) in [4.78, 5) is 16.9. The number of aliphatic hydroxyl groups is 1. The van der Waals surface area contributed by atoms with E-state index in [0.29, 0.717) is 5.56 Å². The second-order valence-corrected chi connectivity index (χ2v) is 5.05. The van der Waals surface area contributed by atoms with E-state index in [2.05, 4.69) is 22.1 Å². The first-order valence-corrected chi connectivity index (χ1v) is 6.97. The zero-order valence-corrected chi connectivity index (χ0v) is 11.8. The quantitative estimate of drug-likeness (QED) is 0.848. The second kappa shape index (κ2) is 6.85. The number of nitrogens with one attached hydrogen (secondary N) is 1. The van der Waals surface area contributed by atoms with Crippen molar-refractivity contribution < 1.29 is 9.90 Å². The van der Waals surface area contributed by atoms with Crippen molar-refractivity contribution in [2.45, 2.75) is 13.0 Å². The van der Waals surface area contributed by atoms with Gasteiger partial charge in [-0.1, -0.05) is 17.9 Å². The highest BCUT2D eigenvalue weighted by Gasteiger charge is 2.12. The fraction of sp³-hybridized carbons (Fsp3) is 0.200. The minimum Gasteiger partial charge on any atom is -0.384 e. The van der Waals surface area contributed by atoms with Crippen LogP contribution in [0.2, 0.25) is 0 Å². The predicted molar refractivity (Wildman–Crippen MR) is 78.4 cm³/mol. The van der Waals surface area contributed by atoms with Crippen LogP contribution >= 0.6 is 11.3 Å². The van der Waals surface area contributed by atoms with Crippen LogP contribution in [0.1, 0.15) is 33.8 Å². The van der Waals surface area contributed by atoms with Crippen LogP contribution in [0.3, 0.4) is 0 Å². The average Bonchev–Trinajstić information content (AvgIpc) is 2.95. The van der Waals surface area contributed by atoms with E-state index in [9.17, 15) is 4.79 Å². The van der Waals surface area contributed by atoms with Crippen LogP contribution < -0.4 is 5.32 Å². The van der Waals surface area contributed by atoms with E-state index in [4.69, 9.17) is 5.11 Å². The van der Waals surface area contributed by atoms with Crippen molar-refractivity contribution in [3.63, 3.8) is 0 Å². The molecule has 1 amide bonds. The van der Waals surface area contributed by atoms with Crippen molar-refractivity contribution in [1.29, 1.82) is 0 Å². The normalized spacial score (nSPS) is 11.3. The molecule has 0 saturated carbocycles. The largest absolute Gasteiger partial charge is 0.384 e. The molecule has 0 aliphatic heterocycles. The minimum atomic E-state index is -0.183. The Morgan fingerprint density at radius 2 is 2.45 bits per heavy atom. The van der Waals surface area contributed by atoms with E-state index in [1.54, 1.807) is 23.8 Å². The fourth-order valence-electron chi connectivity index (χ4n) is 1.64. The first-order valence-electron chi connectivity index (χ1n) is 6.09. The number of aliphatic hydroxyl groups excluding tert-OH is 1. The predicted octanol–water partition coefficient (Wildman–Crippen LogP) is 1.98. The summed E-state index contributed by atoms with van der Waals surface area (Å²) < 4.78 is 0. The molecule has 0 saturated heterocycles. The van der Waals surface area contributed by atoms with Crippen LogP contribution in [-0.2, 0) is 0 Å². The highest BCUT2D eigenvalue weighted by atomic mass is 32.1. The molecule has 20 heavy (non-hydrogen) atoms. The lowest BCUT2D eigenvalue weighted by Gasteiger charge is -2.12. The van der Waals surface area contributed by atoms with E-state index >= 15 is 0 Å². The van der Waals surface area contributed by atoms with Crippen LogP contribution in [0.5, 0.6) is 0 Å². The third-order valence-electron chi connectivity index (χ3n) is 2.68. The van der Waals surface area contributed by atoms with Crippen molar-refractivity contribution >= 4 is 17.2 Å². The summed E-state index contributed by atoms with van der Waals surface area (Å²) in [7, 11) is 0. The van der Waals surface area contributed by atoms with Crippen LogP contribution in [0, 0.1) is 11.8 Å². The molecule has 0 fully saturated rings.